The summed E-state index contributed by atoms with van der Waals surface area (Å²) in [6.45, 7) is 0.0242. The predicted molar refractivity (Wildman–Crippen MR) is 68.9 cm³/mol. The van der Waals surface area contributed by atoms with Crippen molar-refractivity contribution in [1.82, 2.24) is 0 Å². The number of nitrogens with two attached hydrogens (primary N) is 1. The van der Waals surface area contributed by atoms with Crippen LogP contribution in [0.3, 0.4) is 0 Å². The minimum atomic E-state index is -2.91. The molecule has 1 unspecified atom stereocenters. The zero-order valence-electron chi connectivity index (χ0n) is 10.2. The Kier molecular flexibility index (Phi) is 3.77. The van der Waals surface area contributed by atoms with Gasteiger partial charge in [-0.25, -0.2) is 8.42 Å². The smallest absolute Gasteiger partial charge is 0.312 e. The lowest BCUT2D eigenvalue weighted by Gasteiger charge is -2.26. The van der Waals surface area contributed by atoms with E-state index in [9.17, 15) is 13.2 Å². The van der Waals surface area contributed by atoms with E-state index in [0.717, 1.165) is 0 Å². The number of carboxylic acid groups (broad SMARTS) is 1. The van der Waals surface area contributed by atoms with E-state index in [2.05, 4.69) is 0 Å². The number of hydrogen-bond donors (Lipinski definition) is 2. The van der Waals surface area contributed by atoms with E-state index >= 15 is 0 Å². The number of hydrogen-bond acceptors (Lipinski definition) is 5. The van der Waals surface area contributed by atoms with Crippen molar-refractivity contribution in [3.05, 3.63) is 29.8 Å². The maximum absolute atomic E-state index is 11.0. The van der Waals surface area contributed by atoms with Crippen LogP contribution in [0, 0.1) is 0 Å². The lowest BCUT2D eigenvalue weighted by atomic mass is 9.99. The fourth-order valence-electron chi connectivity index (χ4n) is 1.94. The van der Waals surface area contributed by atoms with Crippen molar-refractivity contribution in [1.29, 1.82) is 0 Å². The number of ether oxygens (including phenoxy) is 1. The molecule has 3 N–H and O–H groups in total. The highest BCUT2D eigenvalue weighted by Crippen LogP contribution is 2.22. The number of rotatable bonds is 5. The molecule has 0 radical (unpaired) electrons. The molecule has 0 aromatic heterocycles. The van der Waals surface area contributed by atoms with Crippen LogP contribution in [0.4, 0.5) is 0 Å². The summed E-state index contributed by atoms with van der Waals surface area (Å²) >= 11 is 0. The van der Waals surface area contributed by atoms with Crippen LogP contribution >= 0.6 is 0 Å². The van der Waals surface area contributed by atoms with E-state index in [1.807, 2.05) is 0 Å². The molecule has 0 aliphatic carbocycles. The molecule has 2 rings (SSSR count). The molecule has 6 nitrogen and oxygen atoms in total. The van der Waals surface area contributed by atoms with Gasteiger partial charge in [-0.1, -0.05) is 12.1 Å². The summed E-state index contributed by atoms with van der Waals surface area (Å²) in [4.78, 5) is 10.9. The molecule has 1 aliphatic heterocycles. The van der Waals surface area contributed by atoms with Gasteiger partial charge >= 0.3 is 5.97 Å². The minimum Gasteiger partial charge on any atom is -0.488 e. The molecular formula is C12H15NO5S. The maximum atomic E-state index is 11.0. The van der Waals surface area contributed by atoms with Crippen LogP contribution in [-0.4, -0.2) is 43.6 Å². The van der Waals surface area contributed by atoms with E-state index in [0.29, 0.717) is 11.3 Å². The number of carboxylic acids is 1. The predicted octanol–water partition coefficient (Wildman–Crippen LogP) is -0.0107. The maximum Gasteiger partial charge on any atom is 0.312 e. The third-order valence-electron chi connectivity index (χ3n) is 3.00. The van der Waals surface area contributed by atoms with Crippen molar-refractivity contribution in [2.75, 3.05) is 18.1 Å². The zero-order chi connectivity index (χ0) is 14.0. The lowest BCUT2D eigenvalue weighted by molar-refractivity contribution is -0.138. The molecule has 0 amide bonds. The highest BCUT2D eigenvalue weighted by atomic mass is 32.2. The second-order valence-electron chi connectivity index (χ2n) is 4.51. The van der Waals surface area contributed by atoms with E-state index < -0.39 is 21.7 Å². The molecule has 1 atom stereocenters. The van der Waals surface area contributed by atoms with Crippen molar-refractivity contribution in [2.45, 2.75) is 12.0 Å². The van der Waals surface area contributed by atoms with Gasteiger partial charge in [0.25, 0.3) is 0 Å². The van der Waals surface area contributed by atoms with Gasteiger partial charge in [-0.15, -0.1) is 0 Å². The average Bonchev–Trinajstić information content (AvgIpc) is 2.29. The number of aliphatic carboxylic acids is 1. The van der Waals surface area contributed by atoms with Gasteiger partial charge in [-0.05, 0) is 17.7 Å². The quantitative estimate of drug-likeness (QED) is 0.788. The van der Waals surface area contributed by atoms with E-state index in [1.165, 1.54) is 0 Å². The van der Waals surface area contributed by atoms with Crippen LogP contribution < -0.4 is 10.5 Å². The average molecular weight is 285 g/mol. The van der Waals surface area contributed by atoms with Crippen molar-refractivity contribution in [3.63, 3.8) is 0 Å². The Hall–Kier alpha value is -1.60. The first-order valence-corrected chi connectivity index (χ1v) is 7.63. The van der Waals surface area contributed by atoms with Gasteiger partial charge in [0.1, 0.15) is 11.9 Å². The van der Waals surface area contributed by atoms with Crippen molar-refractivity contribution in [3.8, 4) is 5.75 Å². The summed E-state index contributed by atoms with van der Waals surface area (Å²) in [6, 6.07) is 6.53. The summed E-state index contributed by atoms with van der Waals surface area (Å²) in [5, 5.41) is 8.97. The molecular weight excluding hydrogens is 270 g/mol. The first-order valence-electron chi connectivity index (χ1n) is 5.81. The van der Waals surface area contributed by atoms with Crippen LogP contribution in [0.25, 0.3) is 0 Å². The third-order valence-corrected chi connectivity index (χ3v) is 4.76. The molecule has 19 heavy (non-hydrogen) atoms. The van der Waals surface area contributed by atoms with Gasteiger partial charge in [-0.3, -0.25) is 4.79 Å². The molecule has 1 aromatic carbocycles. The van der Waals surface area contributed by atoms with Crippen molar-refractivity contribution >= 4 is 15.8 Å². The van der Waals surface area contributed by atoms with Gasteiger partial charge < -0.3 is 15.6 Å². The summed E-state index contributed by atoms with van der Waals surface area (Å²) < 4.78 is 27.4. The molecule has 0 spiro atoms. The molecule has 1 heterocycles. The van der Waals surface area contributed by atoms with Crippen LogP contribution in [0.15, 0.2) is 24.3 Å². The van der Waals surface area contributed by atoms with Gasteiger partial charge in [-0.2, -0.15) is 0 Å². The number of sulfone groups is 1. The normalized spacial score (nSPS) is 19.4. The van der Waals surface area contributed by atoms with Crippen molar-refractivity contribution < 1.29 is 23.1 Å². The Labute approximate surface area is 111 Å². The van der Waals surface area contributed by atoms with Crippen LogP contribution in [0.1, 0.15) is 11.5 Å². The van der Waals surface area contributed by atoms with Gasteiger partial charge in [0.15, 0.2) is 9.84 Å². The third kappa shape index (κ3) is 3.24. The van der Waals surface area contributed by atoms with Crippen LogP contribution in [-0.2, 0) is 14.6 Å². The standard InChI is InChI=1S/C12H15NO5S/c13-5-11(12(14)15)8-1-3-9(4-2-8)18-10-6-19(16,17)7-10/h1-4,10-11H,5-7,13H2,(H,14,15). The van der Waals surface area contributed by atoms with Crippen LogP contribution in [0.5, 0.6) is 5.75 Å². The molecule has 0 bridgehead atoms. The Morgan fingerprint density at radius 2 is 1.95 bits per heavy atom. The summed E-state index contributed by atoms with van der Waals surface area (Å²) in [5.41, 5.74) is 6.01. The molecule has 1 aromatic rings. The Morgan fingerprint density at radius 1 is 1.37 bits per heavy atom. The summed E-state index contributed by atoms with van der Waals surface area (Å²) in [7, 11) is -2.91. The topological polar surface area (TPSA) is 107 Å². The first kappa shape index (κ1) is 13.8. The Balaban J connectivity index is 2.01. The highest BCUT2D eigenvalue weighted by Gasteiger charge is 2.35. The largest absolute Gasteiger partial charge is 0.488 e. The second kappa shape index (κ2) is 5.18. The summed E-state index contributed by atoms with van der Waals surface area (Å²) in [6.07, 6.45) is -0.305. The molecule has 1 saturated heterocycles. The molecule has 7 heteroatoms. The number of carbonyl (C=O) groups is 1. The lowest BCUT2D eigenvalue weighted by Crippen LogP contribution is -2.45. The summed E-state index contributed by atoms with van der Waals surface area (Å²) in [5.74, 6) is -1.10. The Bertz CT molecular complexity index is 554. The van der Waals surface area contributed by atoms with Gasteiger partial charge in [0.2, 0.25) is 0 Å². The van der Waals surface area contributed by atoms with Gasteiger partial charge in [0, 0.05) is 6.54 Å². The first-order chi connectivity index (χ1) is 8.91. The molecule has 104 valence electrons. The van der Waals surface area contributed by atoms with Gasteiger partial charge in [0.05, 0.1) is 17.4 Å². The molecule has 1 fully saturated rings. The highest BCUT2D eigenvalue weighted by molar-refractivity contribution is 7.92. The van der Waals surface area contributed by atoms with Crippen molar-refractivity contribution in [2.24, 2.45) is 5.73 Å². The second-order valence-corrected chi connectivity index (χ2v) is 6.67. The Morgan fingerprint density at radius 3 is 2.37 bits per heavy atom. The number of benzene rings is 1. The van der Waals surface area contributed by atoms with E-state index in [-0.39, 0.29) is 24.2 Å². The fraction of sp³-hybridized carbons (Fsp3) is 0.417. The monoisotopic (exact) mass is 285 g/mol. The fourth-order valence-corrected chi connectivity index (χ4v) is 3.11. The molecule has 1 aliphatic rings. The van der Waals surface area contributed by atoms with E-state index in [1.54, 1.807) is 24.3 Å². The molecule has 0 saturated carbocycles. The minimum absolute atomic E-state index is 0.0242. The zero-order valence-corrected chi connectivity index (χ0v) is 11.0. The van der Waals surface area contributed by atoms with E-state index in [4.69, 9.17) is 15.6 Å². The SMILES string of the molecule is NCC(C(=O)O)c1ccc(OC2CS(=O)(=O)C2)cc1. The van der Waals surface area contributed by atoms with Crippen LogP contribution in [0.2, 0.25) is 0 Å².